The summed E-state index contributed by atoms with van der Waals surface area (Å²) in [6.45, 7) is 3.76. The summed E-state index contributed by atoms with van der Waals surface area (Å²) in [6.07, 6.45) is 4.58. The van der Waals surface area contributed by atoms with Gasteiger partial charge in [-0.25, -0.2) is 0 Å². The number of nitrogens with two attached hydrogens (primary N) is 1. The quantitative estimate of drug-likeness (QED) is 0.715. The normalized spacial score (nSPS) is 33.1. The monoisotopic (exact) mass is 196 g/mol. The van der Waals surface area contributed by atoms with Crippen molar-refractivity contribution < 1.29 is 4.79 Å². The Morgan fingerprint density at radius 3 is 2.57 bits per heavy atom. The number of carbonyl (C=O) groups is 1. The van der Waals surface area contributed by atoms with E-state index in [1.54, 1.807) is 0 Å². The molecule has 0 aromatic heterocycles. The van der Waals surface area contributed by atoms with Gasteiger partial charge < -0.3 is 10.6 Å². The zero-order chi connectivity index (χ0) is 10.1. The molecule has 3 nitrogen and oxygen atoms in total. The third-order valence-electron chi connectivity index (χ3n) is 3.71. The molecule has 0 spiro atoms. The van der Waals surface area contributed by atoms with E-state index in [0.717, 1.165) is 19.5 Å². The molecular formula is C11H20N2O. The van der Waals surface area contributed by atoms with Crippen molar-refractivity contribution in [3.8, 4) is 0 Å². The number of carbonyl (C=O) groups excluding carboxylic acids is 1. The van der Waals surface area contributed by atoms with Crippen LogP contribution < -0.4 is 5.73 Å². The van der Waals surface area contributed by atoms with Gasteiger partial charge in [0.2, 0.25) is 5.91 Å². The van der Waals surface area contributed by atoms with Crippen LogP contribution in [0.1, 0.15) is 32.6 Å². The number of rotatable bonds is 2. The average molecular weight is 196 g/mol. The lowest BCUT2D eigenvalue weighted by atomic mass is 9.83. The van der Waals surface area contributed by atoms with Crippen LogP contribution in [0.25, 0.3) is 0 Å². The molecular weight excluding hydrogens is 176 g/mol. The van der Waals surface area contributed by atoms with Crippen molar-refractivity contribution in [2.75, 3.05) is 13.1 Å². The molecule has 80 valence electrons. The first-order valence-electron chi connectivity index (χ1n) is 5.70. The molecule has 1 aliphatic heterocycles. The van der Waals surface area contributed by atoms with E-state index in [0.29, 0.717) is 17.7 Å². The van der Waals surface area contributed by atoms with E-state index in [1.807, 2.05) is 4.90 Å². The predicted molar refractivity (Wildman–Crippen MR) is 55.7 cm³/mol. The van der Waals surface area contributed by atoms with Crippen LogP contribution in [-0.4, -0.2) is 29.9 Å². The van der Waals surface area contributed by atoms with Crippen molar-refractivity contribution >= 4 is 5.91 Å². The lowest BCUT2D eigenvalue weighted by Gasteiger charge is -2.27. The molecule has 2 N–H and O–H groups in total. The number of amides is 1. The number of nitrogens with zero attached hydrogens (tertiary/aromatic N) is 1. The first-order chi connectivity index (χ1) is 6.66. The van der Waals surface area contributed by atoms with Crippen LogP contribution in [0.4, 0.5) is 0 Å². The zero-order valence-electron chi connectivity index (χ0n) is 8.91. The Bertz CT molecular complexity index is 215. The van der Waals surface area contributed by atoms with Gasteiger partial charge in [0.15, 0.2) is 0 Å². The molecule has 0 bridgehead atoms. The highest BCUT2D eigenvalue weighted by Gasteiger charge is 2.31. The summed E-state index contributed by atoms with van der Waals surface area (Å²) in [6, 6.07) is 0.195. The maximum absolute atomic E-state index is 11.8. The lowest BCUT2D eigenvalue weighted by molar-refractivity contribution is -0.131. The molecule has 3 heteroatoms. The Morgan fingerprint density at radius 2 is 2.14 bits per heavy atom. The first-order valence-corrected chi connectivity index (χ1v) is 5.70. The minimum Gasteiger partial charge on any atom is -0.341 e. The Morgan fingerprint density at radius 1 is 1.43 bits per heavy atom. The van der Waals surface area contributed by atoms with Crippen LogP contribution in [0.2, 0.25) is 0 Å². The second-order valence-electron chi connectivity index (χ2n) is 4.94. The molecule has 2 atom stereocenters. The summed E-state index contributed by atoms with van der Waals surface area (Å²) in [5, 5.41) is 0. The van der Waals surface area contributed by atoms with E-state index in [-0.39, 0.29) is 6.04 Å². The minimum atomic E-state index is 0.195. The van der Waals surface area contributed by atoms with Gasteiger partial charge in [-0.05, 0) is 24.7 Å². The van der Waals surface area contributed by atoms with Crippen molar-refractivity contribution in [3.05, 3.63) is 0 Å². The zero-order valence-corrected chi connectivity index (χ0v) is 8.91. The van der Waals surface area contributed by atoms with Crippen LogP contribution in [0.5, 0.6) is 0 Å². The number of hydrogen-bond donors (Lipinski definition) is 1. The summed E-state index contributed by atoms with van der Waals surface area (Å²) < 4.78 is 0. The van der Waals surface area contributed by atoms with Crippen molar-refractivity contribution in [2.45, 2.75) is 38.6 Å². The molecule has 1 amide bonds. The van der Waals surface area contributed by atoms with E-state index in [9.17, 15) is 4.79 Å². The second kappa shape index (κ2) is 3.89. The molecule has 14 heavy (non-hydrogen) atoms. The van der Waals surface area contributed by atoms with E-state index in [4.69, 9.17) is 5.73 Å². The first kappa shape index (κ1) is 9.97. The number of likely N-dealkylation sites (tertiary alicyclic amines) is 1. The molecule has 0 aromatic rings. The second-order valence-corrected chi connectivity index (χ2v) is 4.94. The summed E-state index contributed by atoms with van der Waals surface area (Å²) in [5.74, 6) is 1.48. The topological polar surface area (TPSA) is 46.3 Å². The van der Waals surface area contributed by atoms with Gasteiger partial charge in [0.1, 0.15) is 0 Å². The third kappa shape index (κ3) is 1.92. The lowest BCUT2D eigenvalue weighted by Crippen LogP contribution is -2.34. The van der Waals surface area contributed by atoms with Gasteiger partial charge in [-0.15, -0.1) is 0 Å². The van der Waals surface area contributed by atoms with Crippen LogP contribution in [0.3, 0.4) is 0 Å². The van der Waals surface area contributed by atoms with E-state index in [1.165, 1.54) is 19.3 Å². The van der Waals surface area contributed by atoms with E-state index < -0.39 is 0 Å². The fourth-order valence-electron chi connectivity index (χ4n) is 2.27. The SMILES string of the molecule is CC1CN(C(=O)CC2CCC2)CC1N. The summed E-state index contributed by atoms with van der Waals surface area (Å²) in [5.41, 5.74) is 5.89. The molecule has 0 radical (unpaired) electrons. The standard InChI is InChI=1S/C11H20N2O/c1-8-6-13(7-10(8)12)11(14)5-9-3-2-4-9/h8-10H,2-7,12H2,1H3. The van der Waals surface area contributed by atoms with Crippen molar-refractivity contribution in [3.63, 3.8) is 0 Å². The minimum absolute atomic E-state index is 0.195. The van der Waals surface area contributed by atoms with E-state index >= 15 is 0 Å². The van der Waals surface area contributed by atoms with Gasteiger partial charge in [-0.3, -0.25) is 4.79 Å². The number of hydrogen-bond acceptors (Lipinski definition) is 2. The Hall–Kier alpha value is -0.570. The Kier molecular flexibility index (Phi) is 2.77. The Balaban J connectivity index is 1.80. The summed E-state index contributed by atoms with van der Waals surface area (Å²) in [7, 11) is 0. The fourth-order valence-corrected chi connectivity index (χ4v) is 2.27. The largest absolute Gasteiger partial charge is 0.341 e. The van der Waals surface area contributed by atoms with E-state index in [2.05, 4.69) is 6.92 Å². The highest BCUT2D eigenvalue weighted by molar-refractivity contribution is 5.77. The van der Waals surface area contributed by atoms with Crippen LogP contribution in [-0.2, 0) is 4.79 Å². The summed E-state index contributed by atoms with van der Waals surface area (Å²) >= 11 is 0. The molecule has 2 aliphatic rings. The maximum Gasteiger partial charge on any atom is 0.222 e. The molecule has 1 aliphatic carbocycles. The highest BCUT2D eigenvalue weighted by atomic mass is 16.2. The maximum atomic E-state index is 11.8. The fraction of sp³-hybridized carbons (Fsp3) is 0.909. The molecule has 0 aromatic carbocycles. The van der Waals surface area contributed by atoms with Crippen molar-refractivity contribution in [1.29, 1.82) is 0 Å². The third-order valence-corrected chi connectivity index (χ3v) is 3.71. The molecule has 2 rings (SSSR count). The van der Waals surface area contributed by atoms with Gasteiger partial charge in [-0.2, -0.15) is 0 Å². The Labute approximate surface area is 85.6 Å². The summed E-state index contributed by atoms with van der Waals surface area (Å²) in [4.78, 5) is 13.8. The highest BCUT2D eigenvalue weighted by Crippen LogP contribution is 2.30. The molecule has 1 saturated carbocycles. The molecule has 2 fully saturated rings. The smallest absolute Gasteiger partial charge is 0.222 e. The molecule has 2 unspecified atom stereocenters. The van der Waals surface area contributed by atoms with Crippen LogP contribution >= 0.6 is 0 Å². The van der Waals surface area contributed by atoms with Gasteiger partial charge in [-0.1, -0.05) is 13.3 Å². The average Bonchev–Trinajstić information content (AvgIpc) is 2.40. The molecule has 1 heterocycles. The van der Waals surface area contributed by atoms with Crippen LogP contribution in [0, 0.1) is 11.8 Å². The van der Waals surface area contributed by atoms with Gasteiger partial charge >= 0.3 is 0 Å². The van der Waals surface area contributed by atoms with Crippen molar-refractivity contribution in [1.82, 2.24) is 4.90 Å². The molecule has 1 saturated heterocycles. The van der Waals surface area contributed by atoms with Gasteiger partial charge in [0.05, 0.1) is 0 Å². The predicted octanol–water partition coefficient (Wildman–Crippen LogP) is 0.982. The van der Waals surface area contributed by atoms with Gasteiger partial charge in [0.25, 0.3) is 0 Å². The van der Waals surface area contributed by atoms with Gasteiger partial charge in [0, 0.05) is 25.6 Å². The van der Waals surface area contributed by atoms with Crippen LogP contribution in [0.15, 0.2) is 0 Å². The van der Waals surface area contributed by atoms with Crippen molar-refractivity contribution in [2.24, 2.45) is 17.6 Å².